The second-order valence-electron chi connectivity index (χ2n) is 5.81. The molecule has 0 atom stereocenters. The number of hydrogen-bond donors (Lipinski definition) is 3. The smallest absolute Gasteiger partial charge is 0.434 e. The average molecular weight is 544 g/mol. The van der Waals surface area contributed by atoms with E-state index in [-0.39, 0.29) is 29.7 Å². The molecule has 11 heteroatoms. The maximum Gasteiger partial charge on any atom is 0.434 e. The molecule has 162 valence electrons. The van der Waals surface area contributed by atoms with Crippen LogP contribution < -0.4 is 15.4 Å². The fourth-order valence-electron chi connectivity index (χ4n) is 2.36. The lowest BCUT2D eigenvalue weighted by molar-refractivity contribution is -0.140. The Bertz CT molecular complexity index is 800. The van der Waals surface area contributed by atoms with Crippen LogP contribution in [0.1, 0.15) is 23.2 Å². The van der Waals surface area contributed by atoms with Gasteiger partial charge in [0.2, 0.25) is 0 Å². The van der Waals surface area contributed by atoms with E-state index in [1.54, 1.807) is 18.2 Å². The lowest BCUT2D eigenvalue weighted by atomic mass is 10.1. The third kappa shape index (κ3) is 8.25. The maximum atomic E-state index is 12.6. The van der Waals surface area contributed by atoms with Crippen LogP contribution in [0.3, 0.4) is 0 Å². The second kappa shape index (κ2) is 12.1. The molecule has 0 bridgehead atoms. The number of aromatic hydroxyl groups is 1. The summed E-state index contributed by atoms with van der Waals surface area (Å²) in [7, 11) is 1.53. The normalized spacial score (nSPS) is 11.7. The van der Waals surface area contributed by atoms with Crippen LogP contribution in [-0.2, 0) is 19.0 Å². The summed E-state index contributed by atoms with van der Waals surface area (Å²) in [5.41, 5.74) is -0.0903. The van der Waals surface area contributed by atoms with Gasteiger partial charge in [0.15, 0.2) is 11.7 Å². The van der Waals surface area contributed by atoms with Gasteiger partial charge in [-0.25, -0.2) is 4.98 Å². The SMILES string of the molecule is CCNC(=NCCc1nc(C(F)(F)F)cs1)NCCc1ccc(OC)cc1O.I. The number of phenolic OH excluding ortho intramolecular Hbond substituents is 1. The number of nitrogens with one attached hydrogen (secondary N) is 2. The molecule has 0 aliphatic carbocycles. The summed E-state index contributed by atoms with van der Waals surface area (Å²) in [6.45, 7) is 3.41. The van der Waals surface area contributed by atoms with Gasteiger partial charge in [-0.3, -0.25) is 4.99 Å². The van der Waals surface area contributed by atoms with Crippen LogP contribution in [0.2, 0.25) is 0 Å². The van der Waals surface area contributed by atoms with E-state index < -0.39 is 11.9 Å². The molecule has 0 amide bonds. The molecular weight excluding hydrogens is 520 g/mol. The number of thiazole rings is 1. The van der Waals surface area contributed by atoms with Gasteiger partial charge in [0.1, 0.15) is 11.5 Å². The van der Waals surface area contributed by atoms with Crippen molar-refractivity contribution in [3.8, 4) is 11.5 Å². The molecule has 0 spiro atoms. The lowest BCUT2D eigenvalue weighted by Gasteiger charge is -2.12. The van der Waals surface area contributed by atoms with Crippen LogP contribution in [0.15, 0.2) is 28.6 Å². The van der Waals surface area contributed by atoms with Gasteiger partial charge < -0.3 is 20.5 Å². The Hall–Kier alpha value is -1.76. The Morgan fingerprint density at radius 2 is 2.03 bits per heavy atom. The molecule has 3 N–H and O–H groups in total. The quantitative estimate of drug-likeness (QED) is 0.268. The molecule has 2 rings (SSSR count). The number of aliphatic imine (C=N–C) groups is 1. The zero-order valence-corrected chi connectivity index (χ0v) is 19.2. The fourth-order valence-corrected chi connectivity index (χ4v) is 3.15. The molecule has 6 nitrogen and oxygen atoms in total. The van der Waals surface area contributed by atoms with Crippen molar-refractivity contribution in [3.63, 3.8) is 0 Å². The van der Waals surface area contributed by atoms with Gasteiger partial charge >= 0.3 is 6.18 Å². The van der Waals surface area contributed by atoms with Gasteiger partial charge in [0.05, 0.1) is 12.1 Å². The highest BCUT2D eigenvalue weighted by molar-refractivity contribution is 14.0. The van der Waals surface area contributed by atoms with Crippen LogP contribution in [-0.4, -0.2) is 42.8 Å². The summed E-state index contributed by atoms with van der Waals surface area (Å²) in [4.78, 5) is 7.95. The van der Waals surface area contributed by atoms with Gasteiger partial charge in [-0.05, 0) is 25.0 Å². The summed E-state index contributed by atoms with van der Waals surface area (Å²) < 4.78 is 42.8. The van der Waals surface area contributed by atoms with E-state index >= 15 is 0 Å². The van der Waals surface area contributed by atoms with Crippen molar-refractivity contribution in [1.29, 1.82) is 0 Å². The van der Waals surface area contributed by atoms with Crippen molar-refractivity contribution in [1.82, 2.24) is 15.6 Å². The topological polar surface area (TPSA) is 78.8 Å². The van der Waals surface area contributed by atoms with Crippen molar-refractivity contribution in [2.24, 2.45) is 4.99 Å². The number of benzene rings is 1. The first-order valence-electron chi connectivity index (χ1n) is 8.73. The number of phenols is 1. The molecule has 0 saturated carbocycles. The van der Waals surface area contributed by atoms with Gasteiger partial charge in [-0.1, -0.05) is 6.07 Å². The van der Waals surface area contributed by atoms with Gasteiger partial charge in [-0.2, -0.15) is 13.2 Å². The van der Waals surface area contributed by atoms with Crippen molar-refractivity contribution in [2.45, 2.75) is 25.9 Å². The first-order chi connectivity index (χ1) is 13.3. The van der Waals surface area contributed by atoms with Crippen molar-refractivity contribution < 1.29 is 23.0 Å². The Kier molecular flexibility index (Phi) is 10.5. The number of guanidine groups is 1. The number of nitrogens with zero attached hydrogens (tertiary/aromatic N) is 2. The molecule has 2 aromatic rings. The zero-order valence-electron chi connectivity index (χ0n) is 16.0. The molecule has 0 aliphatic heterocycles. The molecule has 0 radical (unpaired) electrons. The van der Waals surface area contributed by atoms with E-state index in [9.17, 15) is 18.3 Å². The predicted molar refractivity (Wildman–Crippen MR) is 119 cm³/mol. The number of hydrogen-bond acceptors (Lipinski definition) is 5. The minimum absolute atomic E-state index is 0. The number of alkyl halides is 3. The Labute approximate surface area is 188 Å². The summed E-state index contributed by atoms with van der Waals surface area (Å²) in [5.74, 6) is 1.30. The predicted octanol–water partition coefficient (Wildman–Crippen LogP) is 3.83. The van der Waals surface area contributed by atoms with Crippen LogP contribution in [0.4, 0.5) is 13.2 Å². The summed E-state index contributed by atoms with van der Waals surface area (Å²) in [6, 6.07) is 5.12. The second-order valence-corrected chi connectivity index (χ2v) is 6.75. The van der Waals surface area contributed by atoms with Crippen LogP contribution >= 0.6 is 35.3 Å². The fraction of sp³-hybridized carbons (Fsp3) is 0.444. The summed E-state index contributed by atoms with van der Waals surface area (Å²) in [5, 5.41) is 17.6. The zero-order chi connectivity index (χ0) is 20.6. The van der Waals surface area contributed by atoms with E-state index in [1.807, 2.05) is 6.92 Å². The lowest BCUT2D eigenvalue weighted by Crippen LogP contribution is -2.38. The molecule has 0 fully saturated rings. The summed E-state index contributed by atoms with van der Waals surface area (Å²) >= 11 is 0.982. The van der Waals surface area contributed by atoms with E-state index in [1.165, 1.54) is 7.11 Å². The molecule has 0 aliphatic rings. The van der Waals surface area contributed by atoms with Crippen molar-refractivity contribution in [2.75, 3.05) is 26.7 Å². The van der Waals surface area contributed by atoms with Gasteiger partial charge in [0, 0.05) is 37.5 Å². The van der Waals surface area contributed by atoms with Crippen LogP contribution in [0.5, 0.6) is 11.5 Å². The molecule has 1 aromatic carbocycles. The minimum atomic E-state index is -4.42. The number of ether oxygens (including phenoxy) is 1. The monoisotopic (exact) mass is 544 g/mol. The third-order valence-corrected chi connectivity index (χ3v) is 4.67. The Balaban J connectivity index is 0.00000420. The Morgan fingerprint density at radius 3 is 2.62 bits per heavy atom. The van der Waals surface area contributed by atoms with Crippen molar-refractivity contribution in [3.05, 3.63) is 39.8 Å². The van der Waals surface area contributed by atoms with Gasteiger partial charge in [0.25, 0.3) is 0 Å². The van der Waals surface area contributed by atoms with E-state index in [2.05, 4.69) is 20.6 Å². The van der Waals surface area contributed by atoms with Crippen LogP contribution in [0.25, 0.3) is 0 Å². The minimum Gasteiger partial charge on any atom is -0.508 e. The molecule has 0 saturated heterocycles. The van der Waals surface area contributed by atoms with E-state index in [0.29, 0.717) is 49.2 Å². The van der Waals surface area contributed by atoms with E-state index in [0.717, 1.165) is 22.3 Å². The number of halogens is 4. The number of rotatable bonds is 8. The highest BCUT2D eigenvalue weighted by Crippen LogP contribution is 2.30. The third-order valence-electron chi connectivity index (χ3n) is 3.76. The average Bonchev–Trinajstić information content (AvgIpc) is 3.12. The number of aromatic nitrogens is 1. The molecule has 0 unspecified atom stereocenters. The molecule has 1 heterocycles. The highest BCUT2D eigenvalue weighted by Gasteiger charge is 2.33. The van der Waals surface area contributed by atoms with Gasteiger partial charge in [-0.15, -0.1) is 35.3 Å². The largest absolute Gasteiger partial charge is 0.508 e. The first kappa shape index (κ1) is 25.3. The Morgan fingerprint density at radius 1 is 1.28 bits per heavy atom. The van der Waals surface area contributed by atoms with E-state index in [4.69, 9.17) is 4.74 Å². The molecular formula is C18H24F3IN4O2S. The standard InChI is InChI=1S/C18H23F3N4O2S.HI/c1-3-22-17(23-8-6-12-4-5-13(27-2)10-14(12)26)24-9-7-16-25-15(11-28-16)18(19,20)21;/h4-5,10-11,26H,3,6-9H2,1-2H3,(H2,22,23,24);1H. The first-order valence-corrected chi connectivity index (χ1v) is 9.61. The van der Waals surface area contributed by atoms with Crippen molar-refractivity contribution >= 4 is 41.3 Å². The summed E-state index contributed by atoms with van der Waals surface area (Å²) in [6.07, 6.45) is -3.51. The number of methoxy groups -OCH3 is 1. The molecule has 29 heavy (non-hydrogen) atoms. The molecule has 1 aromatic heterocycles. The maximum absolute atomic E-state index is 12.6. The van der Waals surface area contributed by atoms with Crippen LogP contribution in [0, 0.1) is 0 Å². The highest BCUT2D eigenvalue weighted by atomic mass is 127.